The first-order valence-corrected chi connectivity index (χ1v) is 9.99. The Morgan fingerprint density at radius 3 is 2.72 bits per heavy atom. The summed E-state index contributed by atoms with van der Waals surface area (Å²) < 4.78 is 0. The van der Waals surface area contributed by atoms with E-state index in [0.29, 0.717) is 24.2 Å². The quantitative estimate of drug-likeness (QED) is 0.703. The average Bonchev–Trinajstić information content (AvgIpc) is 2.85. The Morgan fingerprint density at radius 2 is 2.04 bits per heavy atom. The average molecular weight is 361 g/mol. The maximum atomic E-state index is 12.1. The van der Waals surface area contributed by atoms with E-state index < -0.39 is 6.10 Å². The molecule has 0 bridgehead atoms. The van der Waals surface area contributed by atoms with Gasteiger partial charge in [-0.25, -0.2) is 0 Å². The van der Waals surface area contributed by atoms with Crippen molar-refractivity contribution in [3.05, 3.63) is 23.8 Å². The fourth-order valence-corrected chi connectivity index (χ4v) is 7.58. The summed E-state index contributed by atoms with van der Waals surface area (Å²) in [7, 11) is 0. The van der Waals surface area contributed by atoms with Crippen molar-refractivity contribution >= 4 is 23.5 Å². The van der Waals surface area contributed by atoms with Crippen molar-refractivity contribution < 1.29 is 14.7 Å². The van der Waals surface area contributed by atoms with Crippen LogP contribution >= 0.6 is 12.6 Å². The molecule has 4 rings (SSSR count). The third kappa shape index (κ3) is 2.29. The van der Waals surface area contributed by atoms with Gasteiger partial charge in [0.2, 0.25) is 0 Å². The van der Waals surface area contributed by atoms with Crippen LogP contribution in [0.4, 0.5) is 0 Å². The number of hydrogen-bond acceptors (Lipinski definition) is 3. The summed E-state index contributed by atoms with van der Waals surface area (Å²) in [5.41, 5.74) is 0.786. The van der Waals surface area contributed by atoms with Crippen LogP contribution in [0.25, 0.3) is 0 Å². The molecule has 3 fully saturated rings. The van der Waals surface area contributed by atoms with Crippen LogP contribution in [0.2, 0.25) is 0 Å². The molecule has 4 aliphatic rings. The van der Waals surface area contributed by atoms with Gasteiger partial charge in [-0.2, -0.15) is 0 Å². The molecule has 4 aliphatic carbocycles. The van der Waals surface area contributed by atoms with Crippen molar-refractivity contribution in [3.8, 4) is 0 Å². The molecule has 0 aromatic carbocycles. The second-order valence-electron chi connectivity index (χ2n) is 9.30. The lowest BCUT2D eigenvalue weighted by Gasteiger charge is -2.60. The van der Waals surface area contributed by atoms with E-state index in [4.69, 9.17) is 0 Å². The lowest BCUT2D eigenvalue weighted by atomic mass is 9.45. The second kappa shape index (κ2) is 5.56. The third-order valence-corrected chi connectivity index (χ3v) is 8.42. The number of thiol groups is 1. The Hall–Kier alpha value is -0.870. The van der Waals surface area contributed by atoms with Gasteiger partial charge in [0.25, 0.3) is 0 Å². The summed E-state index contributed by atoms with van der Waals surface area (Å²) >= 11 is 4.15. The molecule has 0 heterocycles. The Balaban J connectivity index is 1.77. The van der Waals surface area contributed by atoms with Gasteiger partial charge < -0.3 is 5.11 Å². The highest BCUT2D eigenvalue weighted by Gasteiger charge is 2.63. The van der Waals surface area contributed by atoms with Crippen LogP contribution < -0.4 is 0 Å². The van der Waals surface area contributed by atoms with Gasteiger partial charge >= 0.3 is 0 Å². The van der Waals surface area contributed by atoms with Gasteiger partial charge in [0.15, 0.2) is 10.9 Å². The van der Waals surface area contributed by atoms with Crippen molar-refractivity contribution in [1.29, 1.82) is 0 Å². The Morgan fingerprint density at radius 1 is 1.32 bits per heavy atom. The zero-order valence-electron chi connectivity index (χ0n) is 15.2. The van der Waals surface area contributed by atoms with Gasteiger partial charge in [-0.05, 0) is 61.0 Å². The number of carbonyl (C=O) groups is 2. The molecule has 3 unspecified atom stereocenters. The maximum absolute atomic E-state index is 12.1. The summed E-state index contributed by atoms with van der Waals surface area (Å²) in [5, 5.41) is 11.2. The highest BCUT2D eigenvalue weighted by atomic mass is 32.1. The standard InChI is InChI=1S/C21H28O3S/c1-11-8-13-14-4-5-15(19(24)25)21(14,3)10-17(23)18(13)20(2)7-6-12(22)9-16(11)20/h6-7,9,11,13-15,17-18,23H,4-5,8,10H2,1-3H3,(H,24,25)/t11-,13?,14?,15+,17-,18?,20-,21-/m0/s1. The maximum Gasteiger partial charge on any atom is 0.189 e. The number of aliphatic hydroxyl groups excluding tert-OH is 1. The molecule has 0 radical (unpaired) electrons. The Bertz CT molecular complexity index is 695. The molecular formula is C21H28O3S. The molecule has 3 nitrogen and oxygen atoms in total. The SMILES string of the molecule is C[C@H]1CC2C([C@@H](O)C[C@@]3(C)C2CC[C@@H]3C(=O)S)[C@@]2(C)C=CC(=O)C=C12. The van der Waals surface area contributed by atoms with Crippen molar-refractivity contribution in [2.45, 2.75) is 52.6 Å². The molecule has 0 amide bonds. The van der Waals surface area contributed by atoms with Crippen molar-refractivity contribution in [2.75, 3.05) is 0 Å². The minimum atomic E-state index is -0.446. The van der Waals surface area contributed by atoms with E-state index in [1.807, 2.05) is 6.08 Å². The fourth-order valence-electron chi connectivity index (χ4n) is 7.16. The molecule has 0 saturated heterocycles. The van der Waals surface area contributed by atoms with E-state index >= 15 is 0 Å². The monoisotopic (exact) mass is 360 g/mol. The molecule has 25 heavy (non-hydrogen) atoms. The number of allylic oxidation sites excluding steroid dienone is 4. The predicted molar refractivity (Wildman–Crippen MR) is 100 cm³/mol. The normalized spacial score (nSPS) is 51.4. The lowest BCUT2D eigenvalue weighted by molar-refractivity contribution is -0.135. The first-order valence-electron chi connectivity index (χ1n) is 9.54. The summed E-state index contributed by atoms with van der Waals surface area (Å²) in [5.74, 6) is 1.33. The Kier molecular flexibility index (Phi) is 3.90. The number of ketones is 1. The van der Waals surface area contributed by atoms with Crippen molar-refractivity contribution in [2.24, 2.45) is 40.4 Å². The molecule has 1 N–H and O–H groups in total. The predicted octanol–water partition coefficient (Wildman–Crippen LogP) is 3.58. The molecule has 0 aliphatic heterocycles. The largest absolute Gasteiger partial charge is 0.393 e. The summed E-state index contributed by atoms with van der Waals surface area (Å²) in [4.78, 5) is 24.0. The topological polar surface area (TPSA) is 54.4 Å². The number of rotatable bonds is 1. The van der Waals surface area contributed by atoms with Crippen LogP contribution in [0, 0.1) is 40.4 Å². The van der Waals surface area contributed by atoms with E-state index in [1.54, 1.807) is 12.2 Å². The van der Waals surface area contributed by atoms with Crippen molar-refractivity contribution in [3.63, 3.8) is 0 Å². The van der Waals surface area contributed by atoms with Crippen molar-refractivity contribution in [1.82, 2.24) is 0 Å². The minimum absolute atomic E-state index is 0.0190. The van der Waals surface area contributed by atoms with Gasteiger partial charge in [-0.3, -0.25) is 9.59 Å². The minimum Gasteiger partial charge on any atom is -0.393 e. The molecular weight excluding hydrogens is 332 g/mol. The lowest BCUT2D eigenvalue weighted by Crippen LogP contribution is -2.57. The zero-order chi connectivity index (χ0) is 18.1. The van der Waals surface area contributed by atoms with E-state index in [2.05, 4.69) is 33.4 Å². The van der Waals surface area contributed by atoms with Crippen LogP contribution in [0.1, 0.15) is 46.5 Å². The van der Waals surface area contributed by atoms with Crippen LogP contribution in [0.5, 0.6) is 0 Å². The van der Waals surface area contributed by atoms with Gasteiger partial charge in [-0.15, -0.1) is 12.6 Å². The van der Waals surface area contributed by atoms with E-state index in [9.17, 15) is 14.7 Å². The summed E-state index contributed by atoms with van der Waals surface area (Å²) in [6.07, 6.45) is 8.67. The fraction of sp³-hybridized carbons (Fsp3) is 0.714. The van der Waals surface area contributed by atoms with E-state index in [-0.39, 0.29) is 33.6 Å². The highest BCUT2D eigenvalue weighted by molar-refractivity contribution is 7.96. The van der Waals surface area contributed by atoms with Crippen LogP contribution in [0.15, 0.2) is 23.8 Å². The van der Waals surface area contributed by atoms with Crippen LogP contribution in [0.3, 0.4) is 0 Å². The molecule has 0 spiro atoms. The van der Waals surface area contributed by atoms with Gasteiger partial charge in [0.1, 0.15) is 0 Å². The number of fused-ring (bicyclic) bond motifs is 5. The molecule has 136 valence electrons. The smallest absolute Gasteiger partial charge is 0.189 e. The number of aliphatic hydroxyl groups is 1. The number of carbonyl (C=O) groups excluding carboxylic acids is 2. The Labute approximate surface area is 155 Å². The van der Waals surface area contributed by atoms with Gasteiger partial charge in [-0.1, -0.05) is 32.4 Å². The van der Waals surface area contributed by atoms with Gasteiger partial charge in [0, 0.05) is 17.3 Å². The first-order chi connectivity index (χ1) is 11.7. The molecule has 0 aromatic heterocycles. The highest BCUT2D eigenvalue weighted by Crippen LogP contribution is 2.66. The third-order valence-electron chi connectivity index (χ3n) is 8.11. The van der Waals surface area contributed by atoms with E-state index in [0.717, 1.165) is 19.3 Å². The summed E-state index contributed by atoms with van der Waals surface area (Å²) in [6.45, 7) is 6.60. The summed E-state index contributed by atoms with van der Waals surface area (Å²) in [6, 6.07) is 0. The molecule has 8 atom stereocenters. The second-order valence-corrected chi connectivity index (χ2v) is 9.74. The van der Waals surface area contributed by atoms with Crippen LogP contribution in [-0.2, 0) is 9.59 Å². The molecule has 4 heteroatoms. The van der Waals surface area contributed by atoms with Crippen LogP contribution in [-0.4, -0.2) is 22.1 Å². The first kappa shape index (κ1) is 17.5. The zero-order valence-corrected chi connectivity index (χ0v) is 16.1. The van der Waals surface area contributed by atoms with Gasteiger partial charge in [0.05, 0.1) is 6.10 Å². The number of hydrogen-bond donors (Lipinski definition) is 2. The van der Waals surface area contributed by atoms with E-state index in [1.165, 1.54) is 5.57 Å². The molecule has 3 saturated carbocycles. The molecule has 0 aromatic rings.